The van der Waals surface area contributed by atoms with Gasteiger partial charge in [-0.2, -0.15) is 0 Å². The fourth-order valence-electron chi connectivity index (χ4n) is 2.94. The van der Waals surface area contributed by atoms with Gasteiger partial charge in [0.2, 0.25) is 0 Å². The Bertz CT molecular complexity index is 763. The Hall–Kier alpha value is -1.74. The third kappa shape index (κ3) is 6.14. The van der Waals surface area contributed by atoms with Crippen molar-refractivity contribution in [2.24, 2.45) is 0 Å². The van der Waals surface area contributed by atoms with Crippen LogP contribution in [-0.2, 0) is 24.2 Å². The molecule has 1 fully saturated rings. The number of methoxy groups -OCH3 is 1. The molecule has 9 heteroatoms. The number of carbonyl (C=O) groups is 2. The molecule has 1 heterocycles. The Morgan fingerprint density at radius 3 is 2.48 bits per heavy atom. The van der Waals surface area contributed by atoms with Crippen molar-refractivity contribution in [3.8, 4) is 5.75 Å². The largest absolute Gasteiger partial charge is 0.497 e. The lowest BCUT2D eigenvalue weighted by Gasteiger charge is -2.29. The van der Waals surface area contributed by atoms with E-state index < -0.39 is 21.9 Å². The predicted molar refractivity (Wildman–Crippen MR) is 104 cm³/mol. The highest BCUT2D eigenvalue weighted by molar-refractivity contribution is 8.00. The van der Waals surface area contributed by atoms with Crippen LogP contribution >= 0.6 is 11.8 Å². The summed E-state index contributed by atoms with van der Waals surface area (Å²) in [5, 5.41) is 0. The molecule has 1 saturated heterocycles. The number of hydrogen-bond acceptors (Lipinski definition) is 7. The quantitative estimate of drug-likeness (QED) is 0.472. The number of esters is 1. The van der Waals surface area contributed by atoms with Crippen molar-refractivity contribution in [3.63, 3.8) is 0 Å². The Kier molecular flexibility index (Phi) is 7.55. The first-order chi connectivity index (χ1) is 12.8. The molecule has 0 spiro atoms. The molecule has 0 saturated carbocycles. The topological polar surface area (TPSA) is 90.0 Å². The number of likely N-dealkylation sites (N-methyl/N-ethyl adjacent to an activating group) is 1. The molecular formula is C18H25NO6S2. The number of ether oxygens (including phenoxy) is 2. The molecule has 0 bridgehead atoms. The summed E-state index contributed by atoms with van der Waals surface area (Å²) in [6.45, 7) is 3.68. The van der Waals surface area contributed by atoms with Crippen LogP contribution in [-0.4, -0.2) is 68.3 Å². The van der Waals surface area contributed by atoms with Gasteiger partial charge < -0.3 is 14.4 Å². The summed E-state index contributed by atoms with van der Waals surface area (Å²) in [4.78, 5) is 27.0. The molecule has 0 aliphatic carbocycles. The number of thioether (sulfide) groups is 1. The van der Waals surface area contributed by atoms with Crippen molar-refractivity contribution in [2.75, 3.05) is 30.9 Å². The summed E-state index contributed by atoms with van der Waals surface area (Å²) in [6, 6.07) is 6.93. The second-order valence-electron chi connectivity index (χ2n) is 6.28. The minimum atomic E-state index is -3.09. The summed E-state index contributed by atoms with van der Waals surface area (Å²) in [5.74, 6) is 0.0200. The Morgan fingerprint density at radius 2 is 1.96 bits per heavy atom. The Labute approximate surface area is 164 Å². The molecule has 2 rings (SSSR count). The van der Waals surface area contributed by atoms with Gasteiger partial charge in [0.1, 0.15) is 5.75 Å². The molecule has 0 radical (unpaired) electrons. The highest BCUT2D eigenvalue weighted by atomic mass is 32.2. The minimum absolute atomic E-state index is 0.0272. The normalized spacial score (nSPS) is 19.3. The Morgan fingerprint density at radius 1 is 1.30 bits per heavy atom. The highest BCUT2D eigenvalue weighted by Gasteiger charge is 2.36. The van der Waals surface area contributed by atoms with Gasteiger partial charge in [0.05, 0.1) is 24.4 Å². The van der Waals surface area contributed by atoms with E-state index in [9.17, 15) is 18.0 Å². The molecule has 150 valence electrons. The molecule has 1 aliphatic heterocycles. The van der Waals surface area contributed by atoms with Gasteiger partial charge >= 0.3 is 5.97 Å². The molecule has 0 N–H and O–H groups in total. The maximum Gasteiger partial charge on any atom is 0.317 e. The van der Waals surface area contributed by atoms with Crippen LogP contribution in [0, 0.1) is 0 Å². The van der Waals surface area contributed by atoms with Crippen LogP contribution in [0.25, 0.3) is 0 Å². The third-order valence-corrected chi connectivity index (χ3v) is 7.08. The molecule has 1 amide bonds. The molecule has 0 unspecified atom stereocenters. The molecular weight excluding hydrogens is 390 g/mol. The van der Waals surface area contributed by atoms with E-state index in [0.29, 0.717) is 13.0 Å². The van der Waals surface area contributed by atoms with Crippen molar-refractivity contribution < 1.29 is 27.5 Å². The number of rotatable bonds is 8. The Balaban J connectivity index is 1.85. The first-order valence-electron chi connectivity index (χ1n) is 8.73. The van der Waals surface area contributed by atoms with Crippen LogP contribution in [0.4, 0.5) is 0 Å². The first-order valence-corrected chi connectivity index (χ1v) is 11.5. The van der Waals surface area contributed by atoms with E-state index in [1.807, 2.05) is 12.1 Å². The van der Waals surface area contributed by atoms with Crippen LogP contribution < -0.4 is 4.74 Å². The third-order valence-electron chi connectivity index (χ3n) is 4.35. The van der Waals surface area contributed by atoms with Crippen LogP contribution in [0.15, 0.2) is 29.2 Å². The fraction of sp³-hybridized carbons (Fsp3) is 0.556. The first kappa shape index (κ1) is 21.6. The average Bonchev–Trinajstić information content (AvgIpc) is 3.00. The predicted octanol–water partition coefficient (Wildman–Crippen LogP) is 1.75. The number of carbonyl (C=O) groups excluding carboxylic acids is 2. The summed E-state index contributed by atoms with van der Waals surface area (Å²) >= 11 is 1.31. The van der Waals surface area contributed by atoms with Crippen LogP contribution in [0.2, 0.25) is 0 Å². The van der Waals surface area contributed by atoms with E-state index in [1.165, 1.54) is 23.6 Å². The highest BCUT2D eigenvalue weighted by Crippen LogP contribution is 2.22. The van der Waals surface area contributed by atoms with Gasteiger partial charge in [0.15, 0.2) is 15.9 Å². The SMILES string of the molecule is CCN(C(=O)[C@@H](C)OC(=O)CSc1ccc(OC)cc1)[C@H]1CCS(=O)(=O)C1. The van der Waals surface area contributed by atoms with Gasteiger partial charge in [-0.25, -0.2) is 8.42 Å². The zero-order chi connectivity index (χ0) is 20.0. The maximum absolute atomic E-state index is 12.6. The molecule has 1 aliphatic rings. The van der Waals surface area contributed by atoms with Gasteiger partial charge in [-0.1, -0.05) is 0 Å². The summed E-state index contributed by atoms with van der Waals surface area (Å²) in [5.41, 5.74) is 0. The maximum atomic E-state index is 12.6. The van der Waals surface area contributed by atoms with Gasteiger partial charge in [0.25, 0.3) is 5.91 Å². The van der Waals surface area contributed by atoms with Crippen molar-refractivity contribution in [3.05, 3.63) is 24.3 Å². The van der Waals surface area contributed by atoms with Crippen LogP contribution in [0.1, 0.15) is 20.3 Å². The second kappa shape index (κ2) is 9.45. The van der Waals surface area contributed by atoms with Crippen LogP contribution in [0.5, 0.6) is 5.75 Å². The van der Waals surface area contributed by atoms with E-state index >= 15 is 0 Å². The average molecular weight is 416 g/mol. The standard InChI is InChI=1S/C18H25NO6S2/c1-4-19(14-9-10-27(22,23)12-14)18(21)13(2)25-17(20)11-26-16-7-5-15(24-3)6-8-16/h5-8,13-14H,4,9-12H2,1-3H3/t13-,14+/m1/s1. The van der Waals surface area contributed by atoms with Crippen molar-refractivity contribution in [2.45, 2.75) is 37.3 Å². The van der Waals surface area contributed by atoms with Gasteiger partial charge in [-0.05, 0) is 44.5 Å². The zero-order valence-corrected chi connectivity index (χ0v) is 17.3. The smallest absolute Gasteiger partial charge is 0.317 e. The fourth-order valence-corrected chi connectivity index (χ4v) is 5.36. The van der Waals surface area contributed by atoms with Crippen molar-refractivity contribution >= 4 is 33.5 Å². The van der Waals surface area contributed by atoms with Gasteiger partial charge in [-0.15, -0.1) is 11.8 Å². The number of nitrogens with zero attached hydrogens (tertiary/aromatic N) is 1. The number of hydrogen-bond donors (Lipinski definition) is 0. The lowest BCUT2D eigenvalue weighted by molar-refractivity contribution is -0.157. The number of amides is 1. The van der Waals surface area contributed by atoms with Crippen molar-refractivity contribution in [1.29, 1.82) is 0 Å². The second-order valence-corrected chi connectivity index (χ2v) is 9.55. The molecule has 1 aromatic carbocycles. The van der Waals surface area contributed by atoms with E-state index in [4.69, 9.17) is 9.47 Å². The zero-order valence-electron chi connectivity index (χ0n) is 15.7. The van der Waals surface area contributed by atoms with E-state index in [1.54, 1.807) is 26.2 Å². The minimum Gasteiger partial charge on any atom is -0.497 e. The lowest BCUT2D eigenvalue weighted by Crippen LogP contribution is -2.46. The summed E-state index contributed by atoms with van der Waals surface area (Å²) in [7, 11) is -1.51. The molecule has 1 aromatic rings. The van der Waals surface area contributed by atoms with E-state index in [2.05, 4.69) is 0 Å². The molecule has 7 nitrogen and oxygen atoms in total. The van der Waals surface area contributed by atoms with Crippen LogP contribution in [0.3, 0.4) is 0 Å². The number of benzene rings is 1. The summed E-state index contributed by atoms with van der Waals surface area (Å²) < 4.78 is 33.6. The molecule has 27 heavy (non-hydrogen) atoms. The van der Waals surface area contributed by atoms with Gasteiger partial charge in [-0.3, -0.25) is 9.59 Å². The van der Waals surface area contributed by atoms with E-state index in [-0.39, 0.29) is 29.2 Å². The molecule has 2 atom stereocenters. The monoisotopic (exact) mass is 415 g/mol. The van der Waals surface area contributed by atoms with E-state index in [0.717, 1.165) is 10.6 Å². The van der Waals surface area contributed by atoms with Crippen molar-refractivity contribution in [1.82, 2.24) is 4.90 Å². The van der Waals surface area contributed by atoms with Gasteiger partial charge in [0, 0.05) is 17.5 Å². The lowest BCUT2D eigenvalue weighted by atomic mass is 10.2. The number of sulfone groups is 1. The molecule has 0 aromatic heterocycles. The summed E-state index contributed by atoms with van der Waals surface area (Å²) in [6.07, 6.45) is -0.521.